The van der Waals surface area contributed by atoms with Gasteiger partial charge in [0.25, 0.3) is 0 Å². The van der Waals surface area contributed by atoms with Gasteiger partial charge in [0.2, 0.25) is 15.8 Å². The summed E-state index contributed by atoms with van der Waals surface area (Å²) in [6.45, 7) is 1.04. The van der Waals surface area contributed by atoms with E-state index in [1.54, 1.807) is 48.7 Å². The summed E-state index contributed by atoms with van der Waals surface area (Å²) in [5.41, 5.74) is 0.326. The number of benzene rings is 3. The van der Waals surface area contributed by atoms with Gasteiger partial charge in [-0.05, 0) is 68.1 Å². The second-order valence-electron chi connectivity index (χ2n) is 10.3. The van der Waals surface area contributed by atoms with E-state index in [0.29, 0.717) is 30.2 Å². The van der Waals surface area contributed by atoms with Crippen LogP contribution in [0.2, 0.25) is 0 Å². The van der Waals surface area contributed by atoms with Crippen LogP contribution >= 0.6 is 0 Å². The minimum Gasteiger partial charge on any atom is -0.483 e. The summed E-state index contributed by atoms with van der Waals surface area (Å²) >= 11 is 0. The van der Waals surface area contributed by atoms with Crippen LogP contribution < -0.4 is 19.9 Å². The molecular weight excluding hydrogens is 559 g/mol. The van der Waals surface area contributed by atoms with Crippen LogP contribution in [-0.4, -0.2) is 54.8 Å². The Labute approximate surface area is 243 Å². The first kappa shape index (κ1) is 27.9. The van der Waals surface area contributed by atoms with E-state index in [4.69, 9.17) is 9.47 Å². The van der Waals surface area contributed by atoms with Crippen molar-refractivity contribution in [2.75, 3.05) is 31.1 Å². The summed E-state index contributed by atoms with van der Waals surface area (Å²) in [6.07, 6.45) is 5.19. The van der Waals surface area contributed by atoms with Crippen LogP contribution in [0.15, 0.2) is 94.7 Å². The Kier molecular flexibility index (Phi) is 7.94. The molecule has 1 aliphatic heterocycles. The molecule has 1 aromatic heterocycles. The van der Waals surface area contributed by atoms with Gasteiger partial charge in [-0.25, -0.2) is 12.8 Å². The highest BCUT2D eigenvalue weighted by Crippen LogP contribution is 2.33. The van der Waals surface area contributed by atoms with Gasteiger partial charge in [-0.1, -0.05) is 36.4 Å². The van der Waals surface area contributed by atoms with Crippen LogP contribution in [-0.2, 0) is 10.0 Å². The molecule has 4 aromatic rings. The first-order chi connectivity index (χ1) is 20.4. The van der Waals surface area contributed by atoms with Crippen LogP contribution in [0, 0.1) is 5.82 Å². The maximum Gasteiger partial charge on any atom is 0.316 e. The third-order valence-corrected chi connectivity index (χ3v) is 9.51. The average molecular weight is 591 g/mol. The fourth-order valence-corrected chi connectivity index (χ4v) is 6.94. The van der Waals surface area contributed by atoms with Gasteiger partial charge in [-0.3, -0.25) is 4.79 Å². The van der Waals surface area contributed by atoms with E-state index in [1.807, 2.05) is 23.1 Å². The first-order valence-corrected chi connectivity index (χ1v) is 15.5. The topological polar surface area (TPSA) is 94.0 Å². The van der Waals surface area contributed by atoms with Crippen molar-refractivity contribution in [1.82, 2.24) is 14.1 Å². The predicted octanol–water partition coefficient (Wildman–Crippen LogP) is 5.00. The molecule has 3 aromatic carbocycles. The largest absolute Gasteiger partial charge is 0.483 e. The van der Waals surface area contributed by atoms with Crippen LogP contribution in [0.5, 0.6) is 17.2 Å². The highest BCUT2D eigenvalue weighted by Gasteiger charge is 2.33. The number of hydrogen-bond donors (Lipinski definition) is 0. The summed E-state index contributed by atoms with van der Waals surface area (Å²) in [5.74, 6) is 0.472. The normalized spacial score (nSPS) is 16.5. The lowest BCUT2D eigenvalue weighted by Gasteiger charge is -2.36. The second-order valence-corrected chi connectivity index (χ2v) is 12.2. The van der Waals surface area contributed by atoms with E-state index in [-0.39, 0.29) is 35.6 Å². The van der Waals surface area contributed by atoms with Crippen molar-refractivity contribution in [2.24, 2.45) is 0 Å². The predicted molar refractivity (Wildman–Crippen MR) is 157 cm³/mol. The van der Waals surface area contributed by atoms with E-state index >= 15 is 0 Å². The third-order valence-electron chi connectivity index (χ3n) is 7.57. The molecule has 2 fully saturated rings. The Morgan fingerprint density at radius 3 is 2.31 bits per heavy atom. The standard InChI is InChI=1S/C31H31FN4O5S/c32-23-9-8-10-24(21-23)36-31(37)30(41-26-13-4-5-14-26)27(22-33-36)34-17-19-35(20-18-34)42(38,39)29-16-7-6-15-28(29)40-25-11-2-1-3-12-25/h1-3,6-12,15-16,21-22,26H,4-5,13-14,17-20H2. The van der Waals surface area contributed by atoms with E-state index in [1.165, 1.54) is 22.5 Å². The number of hydrogen-bond acceptors (Lipinski definition) is 7. The molecule has 1 aliphatic carbocycles. The highest BCUT2D eigenvalue weighted by molar-refractivity contribution is 7.89. The Balaban J connectivity index is 1.25. The molecule has 0 unspecified atom stereocenters. The van der Waals surface area contributed by atoms with Gasteiger partial charge < -0.3 is 14.4 Å². The summed E-state index contributed by atoms with van der Waals surface area (Å²) in [5, 5.41) is 4.33. The van der Waals surface area contributed by atoms with Gasteiger partial charge in [-0.15, -0.1) is 0 Å². The molecule has 11 heteroatoms. The number of halogens is 1. The van der Waals surface area contributed by atoms with Gasteiger partial charge in [0.15, 0.2) is 0 Å². The Morgan fingerprint density at radius 1 is 0.857 bits per heavy atom. The summed E-state index contributed by atoms with van der Waals surface area (Å²) < 4.78 is 56.1. The van der Waals surface area contributed by atoms with Crippen molar-refractivity contribution in [3.05, 3.63) is 101 Å². The zero-order valence-electron chi connectivity index (χ0n) is 22.9. The molecule has 0 radical (unpaired) electrons. The van der Waals surface area contributed by atoms with Gasteiger partial charge in [0, 0.05) is 26.2 Å². The van der Waals surface area contributed by atoms with Crippen molar-refractivity contribution >= 4 is 15.7 Å². The smallest absolute Gasteiger partial charge is 0.316 e. The molecule has 218 valence electrons. The van der Waals surface area contributed by atoms with Crippen LogP contribution in [0.25, 0.3) is 5.69 Å². The molecule has 0 bridgehead atoms. The van der Waals surface area contributed by atoms with Crippen LogP contribution in [0.3, 0.4) is 0 Å². The quantitative estimate of drug-likeness (QED) is 0.285. The van der Waals surface area contributed by atoms with E-state index in [0.717, 1.165) is 30.4 Å². The molecular formula is C31H31FN4O5S. The molecule has 0 N–H and O–H groups in total. The van der Waals surface area contributed by atoms with Crippen molar-refractivity contribution in [3.8, 4) is 22.9 Å². The Morgan fingerprint density at radius 2 is 1.57 bits per heavy atom. The summed E-state index contributed by atoms with van der Waals surface area (Å²) in [7, 11) is -3.87. The van der Waals surface area contributed by atoms with Gasteiger partial charge in [-0.2, -0.15) is 14.1 Å². The molecule has 0 spiro atoms. The molecule has 2 aliphatic rings. The van der Waals surface area contributed by atoms with E-state index in [9.17, 15) is 17.6 Å². The van der Waals surface area contributed by atoms with Crippen LogP contribution in [0.4, 0.5) is 10.1 Å². The fourth-order valence-electron chi connectivity index (χ4n) is 5.40. The molecule has 2 heterocycles. The summed E-state index contributed by atoms with van der Waals surface area (Å²) in [6, 6.07) is 21.3. The van der Waals surface area contributed by atoms with Crippen molar-refractivity contribution in [1.29, 1.82) is 0 Å². The number of piperazine rings is 1. The first-order valence-electron chi connectivity index (χ1n) is 14.0. The SMILES string of the molecule is O=c1c(OC2CCCC2)c(N2CCN(S(=O)(=O)c3ccccc3Oc3ccccc3)CC2)cnn1-c1cccc(F)c1. The molecule has 0 atom stereocenters. The second kappa shape index (κ2) is 11.9. The fraction of sp³-hybridized carbons (Fsp3) is 0.290. The van der Waals surface area contributed by atoms with Crippen molar-refractivity contribution in [3.63, 3.8) is 0 Å². The van der Waals surface area contributed by atoms with E-state index in [2.05, 4.69) is 5.10 Å². The number of rotatable bonds is 8. The minimum atomic E-state index is -3.87. The number of aromatic nitrogens is 2. The van der Waals surface area contributed by atoms with Crippen molar-refractivity contribution in [2.45, 2.75) is 36.7 Å². The minimum absolute atomic E-state index is 0.0897. The number of para-hydroxylation sites is 2. The van der Waals surface area contributed by atoms with E-state index < -0.39 is 21.4 Å². The number of ether oxygens (including phenoxy) is 2. The molecule has 6 rings (SSSR count). The number of nitrogens with zero attached hydrogens (tertiary/aromatic N) is 4. The van der Waals surface area contributed by atoms with Crippen LogP contribution in [0.1, 0.15) is 25.7 Å². The molecule has 0 amide bonds. The average Bonchev–Trinajstić information content (AvgIpc) is 3.52. The molecule has 9 nitrogen and oxygen atoms in total. The maximum absolute atomic E-state index is 13.9. The zero-order chi connectivity index (χ0) is 29.1. The molecule has 1 saturated heterocycles. The maximum atomic E-state index is 13.9. The van der Waals surface area contributed by atoms with Gasteiger partial charge in [0.05, 0.1) is 18.0 Å². The lowest BCUT2D eigenvalue weighted by atomic mass is 10.2. The van der Waals surface area contributed by atoms with Crippen molar-refractivity contribution < 1.29 is 22.3 Å². The zero-order valence-corrected chi connectivity index (χ0v) is 23.7. The molecule has 42 heavy (non-hydrogen) atoms. The monoisotopic (exact) mass is 590 g/mol. The molecule has 1 saturated carbocycles. The number of anilines is 1. The lowest BCUT2D eigenvalue weighted by molar-refractivity contribution is 0.205. The third kappa shape index (κ3) is 5.75. The summed E-state index contributed by atoms with van der Waals surface area (Å²) in [4.78, 5) is 15.6. The highest BCUT2D eigenvalue weighted by atomic mass is 32.2. The van der Waals surface area contributed by atoms with Gasteiger partial charge >= 0.3 is 5.56 Å². The Hall–Kier alpha value is -4.22. The lowest BCUT2D eigenvalue weighted by Crippen LogP contribution is -2.49. The Bertz CT molecular complexity index is 1720. The number of sulfonamides is 1. The van der Waals surface area contributed by atoms with Gasteiger partial charge in [0.1, 0.15) is 27.9 Å².